The van der Waals surface area contributed by atoms with Gasteiger partial charge in [0.25, 0.3) is 0 Å². The van der Waals surface area contributed by atoms with E-state index in [1.54, 1.807) is 0 Å². The molecule has 1 aliphatic carbocycles. The minimum atomic E-state index is -0.889. The molecule has 0 heterocycles. The summed E-state index contributed by atoms with van der Waals surface area (Å²) in [5.74, 6) is -0.484. The molecule has 0 bridgehead atoms. The zero-order valence-electron chi connectivity index (χ0n) is 9.53. The Labute approximate surface area is 90.8 Å². The second-order valence-electron chi connectivity index (χ2n) is 5.09. The van der Waals surface area contributed by atoms with Gasteiger partial charge in [0.15, 0.2) is 0 Å². The largest absolute Gasteiger partial charge is 0.461 e. The zero-order chi connectivity index (χ0) is 11.5. The third-order valence-corrected chi connectivity index (χ3v) is 3.07. The van der Waals surface area contributed by atoms with Crippen LogP contribution in [-0.2, 0) is 9.53 Å². The topological polar surface area (TPSA) is 72.5 Å². The number of esters is 1. The lowest BCUT2D eigenvalue weighted by atomic mass is 9.76. The zero-order valence-corrected chi connectivity index (χ0v) is 9.53. The summed E-state index contributed by atoms with van der Waals surface area (Å²) < 4.78 is 5.21. The van der Waals surface area contributed by atoms with Gasteiger partial charge in [0.2, 0.25) is 0 Å². The van der Waals surface area contributed by atoms with Crippen molar-refractivity contribution in [3.63, 3.8) is 0 Å². The number of hydrogen-bond donors (Lipinski definition) is 2. The van der Waals surface area contributed by atoms with E-state index in [4.69, 9.17) is 15.6 Å². The van der Waals surface area contributed by atoms with E-state index in [-0.39, 0.29) is 12.7 Å². The van der Waals surface area contributed by atoms with Gasteiger partial charge in [0.1, 0.15) is 12.1 Å². The Hall–Kier alpha value is -0.610. The van der Waals surface area contributed by atoms with Crippen molar-refractivity contribution in [3.05, 3.63) is 0 Å². The van der Waals surface area contributed by atoms with E-state index in [9.17, 15) is 4.79 Å². The van der Waals surface area contributed by atoms with Crippen LogP contribution in [0.25, 0.3) is 0 Å². The highest BCUT2D eigenvalue weighted by Gasteiger charge is 2.29. The van der Waals surface area contributed by atoms with E-state index in [2.05, 4.69) is 13.8 Å². The molecule has 1 rings (SSSR count). The highest BCUT2D eigenvalue weighted by molar-refractivity contribution is 5.75. The molecule has 4 nitrogen and oxygen atoms in total. The lowest BCUT2D eigenvalue weighted by Gasteiger charge is -2.34. The van der Waals surface area contributed by atoms with Crippen LogP contribution in [0.3, 0.4) is 0 Å². The van der Waals surface area contributed by atoms with Crippen LogP contribution < -0.4 is 5.73 Å². The van der Waals surface area contributed by atoms with Crippen molar-refractivity contribution in [2.24, 2.45) is 11.1 Å². The summed E-state index contributed by atoms with van der Waals surface area (Å²) in [4.78, 5) is 11.3. The number of hydrogen-bond acceptors (Lipinski definition) is 4. The third-order valence-electron chi connectivity index (χ3n) is 3.07. The molecule has 4 heteroatoms. The molecule has 1 aliphatic rings. The summed E-state index contributed by atoms with van der Waals surface area (Å²) in [5, 5.41) is 8.69. The molecular formula is C11H21NO3. The average Bonchev–Trinajstić information content (AvgIpc) is 2.20. The van der Waals surface area contributed by atoms with Gasteiger partial charge in [-0.05, 0) is 31.1 Å². The number of aliphatic hydroxyl groups excluding tert-OH is 1. The van der Waals surface area contributed by atoms with E-state index < -0.39 is 12.0 Å². The van der Waals surface area contributed by atoms with Crippen LogP contribution in [0.4, 0.5) is 0 Å². The monoisotopic (exact) mass is 215 g/mol. The van der Waals surface area contributed by atoms with Gasteiger partial charge in [-0.3, -0.25) is 4.79 Å². The summed E-state index contributed by atoms with van der Waals surface area (Å²) in [7, 11) is 0. The fourth-order valence-corrected chi connectivity index (χ4v) is 1.82. The Kier molecular flexibility index (Phi) is 4.11. The molecule has 1 atom stereocenters. The number of nitrogens with two attached hydrogens (primary N) is 1. The standard InChI is InChI=1S/C11H21NO3/c1-11(2)5-3-8(4-6-11)15-10(14)9(12)7-13/h8-9,13H,3-7,12H2,1-2H3. The molecule has 0 radical (unpaired) electrons. The predicted octanol–water partition coefficient (Wildman–Crippen LogP) is 0.818. The first-order chi connectivity index (χ1) is 6.94. The van der Waals surface area contributed by atoms with Gasteiger partial charge in [0.05, 0.1) is 6.61 Å². The van der Waals surface area contributed by atoms with Crippen molar-refractivity contribution < 1.29 is 14.6 Å². The molecule has 15 heavy (non-hydrogen) atoms. The molecular weight excluding hydrogens is 194 g/mol. The van der Waals surface area contributed by atoms with Crippen molar-refractivity contribution in [1.29, 1.82) is 0 Å². The van der Waals surface area contributed by atoms with Crippen LogP contribution >= 0.6 is 0 Å². The minimum absolute atomic E-state index is 0.0110. The number of carbonyl (C=O) groups excluding carboxylic acids is 1. The number of rotatable bonds is 3. The Balaban J connectivity index is 2.33. The summed E-state index contributed by atoms with van der Waals surface area (Å²) in [6.07, 6.45) is 3.93. The SMILES string of the molecule is CC1(C)CCC(OC(=O)C(N)CO)CC1. The summed E-state index contributed by atoms with van der Waals surface area (Å²) in [6, 6.07) is -0.889. The van der Waals surface area contributed by atoms with E-state index in [0.29, 0.717) is 5.41 Å². The number of ether oxygens (including phenoxy) is 1. The smallest absolute Gasteiger partial charge is 0.325 e. The molecule has 0 saturated heterocycles. The number of carbonyl (C=O) groups is 1. The van der Waals surface area contributed by atoms with Gasteiger partial charge in [-0.25, -0.2) is 0 Å². The van der Waals surface area contributed by atoms with Crippen molar-refractivity contribution in [3.8, 4) is 0 Å². The molecule has 0 amide bonds. The normalized spacial score (nSPS) is 23.5. The van der Waals surface area contributed by atoms with E-state index >= 15 is 0 Å². The highest BCUT2D eigenvalue weighted by atomic mass is 16.5. The average molecular weight is 215 g/mol. The molecule has 3 N–H and O–H groups in total. The van der Waals surface area contributed by atoms with Gasteiger partial charge < -0.3 is 15.6 Å². The van der Waals surface area contributed by atoms with Crippen molar-refractivity contribution in [2.45, 2.75) is 51.7 Å². The van der Waals surface area contributed by atoms with Crippen molar-refractivity contribution in [1.82, 2.24) is 0 Å². The predicted molar refractivity (Wildman–Crippen MR) is 57.2 cm³/mol. The van der Waals surface area contributed by atoms with Gasteiger partial charge in [-0.1, -0.05) is 13.8 Å². The first-order valence-corrected chi connectivity index (χ1v) is 5.51. The van der Waals surface area contributed by atoms with E-state index in [0.717, 1.165) is 25.7 Å². The fraction of sp³-hybridized carbons (Fsp3) is 0.909. The first-order valence-electron chi connectivity index (χ1n) is 5.51. The van der Waals surface area contributed by atoms with E-state index in [1.807, 2.05) is 0 Å². The van der Waals surface area contributed by atoms with Crippen molar-refractivity contribution >= 4 is 5.97 Å². The second kappa shape index (κ2) is 4.94. The van der Waals surface area contributed by atoms with Crippen LogP contribution in [0, 0.1) is 5.41 Å². The molecule has 1 saturated carbocycles. The van der Waals surface area contributed by atoms with Crippen LogP contribution in [0.15, 0.2) is 0 Å². The van der Waals surface area contributed by atoms with Crippen LogP contribution in [0.1, 0.15) is 39.5 Å². The highest BCUT2D eigenvalue weighted by Crippen LogP contribution is 2.36. The van der Waals surface area contributed by atoms with Gasteiger partial charge >= 0.3 is 5.97 Å². The van der Waals surface area contributed by atoms with Gasteiger partial charge in [-0.2, -0.15) is 0 Å². The van der Waals surface area contributed by atoms with Crippen LogP contribution in [0.2, 0.25) is 0 Å². The molecule has 88 valence electrons. The Morgan fingerprint density at radius 3 is 2.53 bits per heavy atom. The Bertz CT molecular complexity index is 218. The van der Waals surface area contributed by atoms with Gasteiger partial charge in [0, 0.05) is 0 Å². The lowest BCUT2D eigenvalue weighted by molar-refractivity contribution is -0.154. The molecule has 0 spiro atoms. The maximum absolute atomic E-state index is 11.3. The molecule has 0 aliphatic heterocycles. The quantitative estimate of drug-likeness (QED) is 0.684. The van der Waals surface area contributed by atoms with Crippen LogP contribution in [0.5, 0.6) is 0 Å². The van der Waals surface area contributed by atoms with E-state index in [1.165, 1.54) is 0 Å². The maximum Gasteiger partial charge on any atom is 0.325 e. The number of aliphatic hydroxyl groups is 1. The molecule has 0 aromatic rings. The fourth-order valence-electron chi connectivity index (χ4n) is 1.82. The summed E-state index contributed by atoms with van der Waals surface area (Å²) in [5.41, 5.74) is 5.73. The molecule has 0 aromatic heterocycles. The Morgan fingerprint density at radius 1 is 1.53 bits per heavy atom. The van der Waals surface area contributed by atoms with Gasteiger partial charge in [-0.15, -0.1) is 0 Å². The van der Waals surface area contributed by atoms with Crippen LogP contribution in [-0.4, -0.2) is 29.8 Å². The van der Waals surface area contributed by atoms with Crippen molar-refractivity contribution in [2.75, 3.05) is 6.61 Å². The third kappa shape index (κ3) is 3.80. The molecule has 1 unspecified atom stereocenters. The lowest BCUT2D eigenvalue weighted by Crippen LogP contribution is -2.39. The minimum Gasteiger partial charge on any atom is -0.461 e. The molecule has 1 fully saturated rings. The second-order valence-corrected chi connectivity index (χ2v) is 5.09. The summed E-state index contributed by atoms with van der Waals surface area (Å²) in [6.45, 7) is 4.10. The maximum atomic E-state index is 11.3. The first kappa shape index (κ1) is 12.5. The Morgan fingerprint density at radius 2 is 2.07 bits per heavy atom. The summed E-state index contributed by atoms with van der Waals surface area (Å²) >= 11 is 0. The molecule has 0 aromatic carbocycles.